The van der Waals surface area contributed by atoms with Gasteiger partial charge >= 0.3 is 0 Å². The summed E-state index contributed by atoms with van der Waals surface area (Å²) >= 11 is 4.14. The fraction of sp³-hybridized carbons (Fsp3) is 0.733. The van der Waals surface area contributed by atoms with Crippen LogP contribution in [0.25, 0.3) is 0 Å². The lowest BCUT2D eigenvalue weighted by Crippen LogP contribution is -2.22. The molecule has 5 heteroatoms. The van der Waals surface area contributed by atoms with E-state index in [1.165, 1.54) is 42.0 Å². The topological polar surface area (TPSA) is 37.8 Å². The molecule has 0 aromatic carbocycles. The number of anilines is 1. The second kappa shape index (κ2) is 6.56. The van der Waals surface area contributed by atoms with Gasteiger partial charge in [-0.2, -0.15) is 11.8 Å². The van der Waals surface area contributed by atoms with E-state index in [0.717, 1.165) is 24.5 Å². The largest absolute Gasteiger partial charge is 0.373 e. The molecule has 20 heavy (non-hydrogen) atoms. The van der Waals surface area contributed by atoms with Crippen LogP contribution in [0.15, 0.2) is 0 Å². The summed E-state index contributed by atoms with van der Waals surface area (Å²) in [6.45, 7) is 2.29. The summed E-state index contributed by atoms with van der Waals surface area (Å²) in [6.07, 6.45) is 6.01. The SMILES string of the molecule is CCC1SCCSC1c1nc2c(c(NC)n1)CCCC2. The second-order valence-electron chi connectivity index (χ2n) is 5.42. The number of nitrogens with zero attached hydrogens (tertiary/aromatic N) is 2. The lowest BCUT2D eigenvalue weighted by molar-refractivity contribution is 0.648. The summed E-state index contributed by atoms with van der Waals surface area (Å²) in [5, 5.41) is 4.44. The Balaban J connectivity index is 1.96. The molecule has 1 aromatic heterocycles. The van der Waals surface area contributed by atoms with Gasteiger partial charge in [0.05, 0.1) is 5.25 Å². The van der Waals surface area contributed by atoms with Crippen molar-refractivity contribution in [1.29, 1.82) is 0 Å². The molecule has 0 amide bonds. The first kappa shape index (κ1) is 14.5. The molecule has 1 saturated heterocycles. The number of nitrogens with one attached hydrogen (secondary N) is 1. The zero-order valence-corrected chi connectivity index (χ0v) is 13.9. The molecule has 1 fully saturated rings. The minimum Gasteiger partial charge on any atom is -0.373 e. The van der Waals surface area contributed by atoms with Crippen LogP contribution >= 0.6 is 23.5 Å². The maximum atomic E-state index is 4.96. The minimum atomic E-state index is 0.470. The Morgan fingerprint density at radius 2 is 1.95 bits per heavy atom. The summed E-state index contributed by atoms with van der Waals surface area (Å²) in [7, 11) is 1.99. The standard InChI is InChI=1S/C15H23N3S2/c1-3-12-13(20-9-8-19-12)15-17-11-7-5-4-6-10(11)14(16-2)18-15/h12-13H,3-9H2,1-2H3,(H,16,17,18). The zero-order valence-electron chi connectivity index (χ0n) is 12.3. The van der Waals surface area contributed by atoms with Crippen LogP contribution < -0.4 is 5.32 Å². The average molecular weight is 310 g/mol. The Morgan fingerprint density at radius 3 is 2.75 bits per heavy atom. The van der Waals surface area contributed by atoms with E-state index in [0.29, 0.717) is 10.5 Å². The number of hydrogen-bond acceptors (Lipinski definition) is 5. The summed E-state index contributed by atoms with van der Waals surface area (Å²) in [5.74, 6) is 4.64. The molecule has 2 heterocycles. The molecule has 0 bridgehead atoms. The van der Waals surface area contributed by atoms with Crippen molar-refractivity contribution in [3.8, 4) is 0 Å². The molecule has 3 nitrogen and oxygen atoms in total. The first-order chi connectivity index (χ1) is 9.83. The van der Waals surface area contributed by atoms with Crippen LogP contribution in [0.5, 0.6) is 0 Å². The third-order valence-corrected chi connectivity index (χ3v) is 7.39. The molecule has 0 radical (unpaired) electrons. The molecular weight excluding hydrogens is 286 g/mol. The average Bonchev–Trinajstić information content (AvgIpc) is 2.53. The van der Waals surface area contributed by atoms with Gasteiger partial charge in [-0.1, -0.05) is 6.92 Å². The van der Waals surface area contributed by atoms with Crippen molar-refractivity contribution in [2.45, 2.75) is 49.5 Å². The molecule has 1 aliphatic carbocycles. The third kappa shape index (κ3) is 2.80. The minimum absolute atomic E-state index is 0.470. The summed E-state index contributed by atoms with van der Waals surface area (Å²) in [5.41, 5.74) is 2.67. The van der Waals surface area contributed by atoms with Gasteiger partial charge in [0.15, 0.2) is 0 Å². The second-order valence-corrected chi connectivity index (χ2v) is 8.02. The number of rotatable bonds is 3. The van der Waals surface area contributed by atoms with Crippen LogP contribution in [0.1, 0.15) is 48.5 Å². The number of aromatic nitrogens is 2. The molecule has 0 spiro atoms. The van der Waals surface area contributed by atoms with E-state index in [9.17, 15) is 0 Å². The molecule has 2 atom stereocenters. The smallest absolute Gasteiger partial charge is 0.145 e. The molecule has 2 aliphatic rings. The number of aryl methyl sites for hydroxylation is 1. The highest BCUT2D eigenvalue weighted by molar-refractivity contribution is 8.06. The van der Waals surface area contributed by atoms with Crippen molar-refractivity contribution in [3.05, 3.63) is 17.1 Å². The first-order valence-corrected chi connectivity index (χ1v) is 9.74. The predicted molar refractivity (Wildman–Crippen MR) is 90.0 cm³/mol. The van der Waals surface area contributed by atoms with E-state index in [2.05, 4.69) is 24.0 Å². The molecule has 110 valence electrons. The van der Waals surface area contributed by atoms with Gasteiger partial charge in [-0.25, -0.2) is 9.97 Å². The lowest BCUT2D eigenvalue weighted by Gasteiger charge is -2.30. The number of hydrogen-bond donors (Lipinski definition) is 1. The van der Waals surface area contributed by atoms with E-state index < -0.39 is 0 Å². The summed E-state index contributed by atoms with van der Waals surface area (Å²) in [6, 6.07) is 0. The molecule has 3 rings (SSSR count). The maximum absolute atomic E-state index is 4.96. The van der Waals surface area contributed by atoms with E-state index in [-0.39, 0.29) is 0 Å². The van der Waals surface area contributed by atoms with Crippen LogP contribution in [0.3, 0.4) is 0 Å². The van der Waals surface area contributed by atoms with Gasteiger partial charge in [0.25, 0.3) is 0 Å². The van der Waals surface area contributed by atoms with Crippen molar-refractivity contribution in [3.63, 3.8) is 0 Å². The van der Waals surface area contributed by atoms with Gasteiger partial charge in [0.2, 0.25) is 0 Å². The Hall–Kier alpha value is -0.420. The Kier molecular flexibility index (Phi) is 4.76. The predicted octanol–water partition coefficient (Wildman–Crippen LogP) is 3.70. The van der Waals surface area contributed by atoms with Crippen molar-refractivity contribution in [2.75, 3.05) is 23.9 Å². The summed E-state index contributed by atoms with van der Waals surface area (Å²) in [4.78, 5) is 9.83. The molecule has 1 aliphatic heterocycles. The van der Waals surface area contributed by atoms with Crippen LogP contribution in [0, 0.1) is 0 Å². The lowest BCUT2D eigenvalue weighted by atomic mass is 9.96. The van der Waals surface area contributed by atoms with Crippen LogP contribution in [-0.2, 0) is 12.8 Å². The molecule has 0 saturated carbocycles. The van der Waals surface area contributed by atoms with Crippen molar-refractivity contribution in [2.24, 2.45) is 0 Å². The maximum Gasteiger partial charge on any atom is 0.145 e. The van der Waals surface area contributed by atoms with Gasteiger partial charge < -0.3 is 5.32 Å². The number of thioether (sulfide) groups is 2. The van der Waals surface area contributed by atoms with Crippen LogP contribution in [0.2, 0.25) is 0 Å². The first-order valence-electron chi connectivity index (χ1n) is 7.64. The van der Waals surface area contributed by atoms with Crippen LogP contribution in [-0.4, -0.2) is 33.8 Å². The van der Waals surface area contributed by atoms with Gasteiger partial charge in [0.1, 0.15) is 11.6 Å². The van der Waals surface area contributed by atoms with Crippen LogP contribution in [0.4, 0.5) is 5.82 Å². The molecular formula is C15H23N3S2. The monoisotopic (exact) mass is 309 g/mol. The highest BCUT2D eigenvalue weighted by atomic mass is 32.2. The summed E-state index contributed by atoms with van der Waals surface area (Å²) < 4.78 is 0. The van der Waals surface area contributed by atoms with E-state index in [1.807, 2.05) is 18.8 Å². The van der Waals surface area contributed by atoms with Gasteiger partial charge in [-0.3, -0.25) is 0 Å². The Morgan fingerprint density at radius 1 is 1.15 bits per heavy atom. The Labute approximate surface area is 130 Å². The third-order valence-electron chi connectivity index (χ3n) is 4.14. The molecule has 1 N–H and O–H groups in total. The van der Waals surface area contributed by atoms with Gasteiger partial charge in [0, 0.05) is 35.1 Å². The number of fused-ring (bicyclic) bond motifs is 1. The van der Waals surface area contributed by atoms with Gasteiger partial charge in [-0.15, -0.1) is 11.8 Å². The highest BCUT2D eigenvalue weighted by Gasteiger charge is 2.30. The fourth-order valence-corrected chi connectivity index (χ4v) is 6.08. The quantitative estimate of drug-likeness (QED) is 0.921. The fourth-order valence-electron chi connectivity index (χ4n) is 3.09. The van der Waals surface area contributed by atoms with Crippen molar-refractivity contribution >= 4 is 29.3 Å². The highest BCUT2D eigenvalue weighted by Crippen LogP contribution is 2.43. The normalized spacial score (nSPS) is 26.1. The van der Waals surface area contributed by atoms with Gasteiger partial charge in [-0.05, 0) is 32.1 Å². The van der Waals surface area contributed by atoms with Crippen molar-refractivity contribution < 1.29 is 0 Å². The van der Waals surface area contributed by atoms with E-state index >= 15 is 0 Å². The Bertz CT molecular complexity index is 461. The van der Waals surface area contributed by atoms with Crippen molar-refractivity contribution in [1.82, 2.24) is 9.97 Å². The van der Waals surface area contributed by atoms with E-state index in [4.69, 9.17) is 9.97 Å². The zero-order chi connectivity index (χ0) is 13.9. The van der Waals surface area contributed by atoms with E-state index in [1.54, 1.807) is 0 Å². The molecule has 2 unspecified atom stereocenters. The molecule has 1 aromatic rings.